The standard InChI is InChI=1S/C4H7N5O4S/c1-6-4(10)9-2(5)7-3(8-9)14(11,12)13/h1H3,(H,6,10)(H2,5,7,8)(H,11,12,13). The van der Waals surface area contributed by atoms with Gasteiger partial charge in [0.25, 0.3) is 5.16 Å². The molecule has 0 fully saturated rings. The highest BCUT2D eigenvalue weighted by atomic mass is 32.2. The van der Waals surface area contributed by atoms with Crippen LogP contribution in [0, 0.1) is 0 Å². The number of nitrogens with one attached hydrogen (secondary N) is 1. The topological polar surface area (TPSA) is 140 Å². The molecule has 1 amide bonds. The molecule has 1 aromatic rings. The zero-order valence-corrected chi connectivity index (χ0v) is 7.82. The number of hydrogen-bond donors (Lipinski definition) is 3. The maximum Gasteiger partial charge on any atom is 0.345 e. The molecule has 0 aliphatic rings. The minimum Gasteiger partial charge on any atom is -0.368 e. The van der Waals surface area contributed by atoms with Crippen LogP contribution in [-0.4, -0.2) is 40.8 Å². The maximum absolute atomic E-state index is 11.0. The molecule has 0 aliphatic heterocycles. The van der Waals surface area contributed by atoms with Gasteiger partial charge in [-0.2, -0.15) is 13.4 Å². The summed E-state index contributed by atoms with van der Waals surface area (Å²) in [6.45, 7) is 0. The van der Waals surface area contributed by atoms with Gasteiger partial charge in [0.2, 0.25) is 5.95 Å². The van der Waals surface area contributed by atoms with Gasteiger partial charge in [0.05, 0.1) is 0 Å². The maximum atomic E-state index is 11.0. The molecule has 0 aliphatic carbocycles. The minimum atomic E-state index is -4.55. The van der Waals surface area contributed by atoms with Crippen molar-refractivity contribution in [1.82, 2.24) is 20.1 Å². The second-order valence-corrected chi connectivity index (χ2v) is 3.51. The first-order valence-corrected chi connectivity index (χ1v) is 4.72. The lowest BCUT2D eigenvalue weighted by Crippen LogP contribution is -2.27. The third-order valence-corrected chi connectivity index (χ3v) is 1.88. The predicted octanol–water partition coefficient (Wildman–Crippen LogP) is -1.71. The SMILES string of the molecule is CNC(=O)n1nc(S(=O)(=O)O)nc1N. The lowest BCUT2D eigenvalue weighted by Gasteiger charge is -1.97. The Morgan fingerprint density at radius 1 is 1.64 bits per heavy atom. The molecule has 0 bridgehead atoms. The first-order chi connectivity index (χ1) is 6.36. The molecule has 0 spiro atoms. The fraction of sp³-hybridized carbons (Fsp3) is 0.250. The average Bonchev–Trinajstić information content (AvgIpc) is 2.45. The zero-order valence-electron chi connectivity index (χ0n) is 7.00. The summed E-state index contributed by atoms with van der Waals surface area (Å²) >= 11 is 0. The number of aromatic nitrogens is 3. The average molecular weight is 221 g/mol. The Balaban J connectivity index is 3.25. The molecule has 78 valence electrons. The van der Waals surface area contributed by atoms with Crippen LogP contribution in [0.25, 0.3) is 0 Å². The zero-order chi connectivity index (χ0) is 10.9. The molecule has 0 saturated heterocycles. The molecular formula is C4H7N5O4S. The van der Waals surface area contributed by atoms with Gasteiger partial charge in [-0.15, -0.1) is 9.78 Å². The first-order valence-electron chi connectivity index (χ1n) is 3.28. The van der Waals surface area contributed by atoms with Gasteiger partial charge in [0.1, 0.15) is 0 Å². The number of anilines is 1. The normalized spacial score (nSPS) is 11.3. The second-order valence-electron chi connectivity index (χ2n) is 2.19. The van der Waals surface area contributed by atoms with Crippen LogP contribution in [0.1, 0.15) is 0 Å². The van der Waals surface area contributed by atoms with Crippen molar-refractivity contribution < 1.29 is 17.8 Å². The van der Waals surface area contributed by atoms with Gasteiger partial charge in [-0.25, -0.2) is 4.79 Å². The molecule has 0 atom stereocenters. The van der Waals surface area contributed by atoms with E-state index in [2.05, 4.69) is 15.4 Å². The van der Waals surface area contributed by atoms with Crippen molar-refractivity contribution >= 4 is 22.1 Å². The number of amides is 1. The van der Waals surface area contributed by atoms with Crippen LogP contribution in [-0.2, 0) is 10.1 Å². The molecular weight excluding hydrogens is 214 g/mol. The number of nitrogens with two attached hydrogens (primary N) is 1. The van der Waals surface area contributed by atoms with Crippen LogP contribution in [0.4, 0.5) is 10.7 Å². The van der Waals surface area contributed by atoms with Crippen molar-refractivity contribution in [1.29, 1.82) is 0 Å². The largest absolute Gasteiger partial charge is 0.368 e. The summed E-state index contributed by atoms with van der Waals surface area (Å²) in [7, 11) is -3.25. The molecule has 0 saturated carbocycles. The van der Waals surface area contributed by atoms with Crippen LogP contribution in [0.5, 0.6) is 0 Å². The minimum absolute atomic E-state index is 0.433. The van der Waals surface area contributed by atoms with E-state index >= 15 is 0 Å². The van der Waals surface area contributed by atoms with E-state index in [1.807, 2.05) is 0 Å². The number of carbonyl (C=O) groups is 1. The van der Waals surface area contributed by atoms with Gasteiger partial charge in [0, 0.05) is 7.05 Å². The van der Waals surface area contributed by atoms with E-state index in [9.17, 15) is 13.2 Å². The monoisotopic (exact) mass is 221 g/mol. The Labute approximate surface area is 78.7 Å². The Hall–Kier alpha value is -1.68. The van der Waals surface area contributed by atoms with E-state index < -0.39 is 27.3 Å². The van der Waals surface area contributed by atoms with Crippen LogP contribution < -0.4 is 11.1 Å². The van der Waals surface area contributed by atoms with Crippen LogP contribution >= 0.6 is 0 Å². The van der Waals surface area contributed by atoms with Gasteiger partial charge in [-0.05, 0) is 0 Å². The highest BCUT2D eigenvalue weighted by Crippen LogP contribution is 2.05. The van der Waals surface area contributed by atoms with Gasteiger partial charge in [0.15, 0.2) is 0 Å². The Morgan fingerprint density at radius 2 is 2.21 bits per heavy atom. The summed E-state index contributed by atoms with van der Waals surface area (Å²) in [5.41, 5.74) is 5.17. The van der Waals surface area contributed by atoms with Gasteiger partial charge in [-0.1, -0.05) is 0 Å². The predicted molar refractivity (Wildman–Crippen MR) is 44.1 cm³/mol. The molecule has 1 rings (SSSR count). The summed E-state index contributed by atoms with van der Waals surface area (Å²) in [6, 6.07) is -0.759. The Morgan fingerprint density at radius 3 is 2.57 bits per heavy atom. The van der Waals surface area contributed by atoms with Crippen LogP contribution in [0.2, 0.25) is 0 Å². The van der Waals surface area contributed by atoms with E-state index in [4.69, 9.17) is 10.3 Å². The molecule has 4 N–H and O–H groups in total. The fourth-order valence-corrected chi connectivity index (χ4v) is 1.06. The number of hydrogen-bond acceptors (Lipinski definition) is 6. The highest BCUT2D eigenvalue weighted by Gasteiger charge is 2.20. The lowest BCUT2D eigenvalue weighted by molar-refractivity contribution is 0.241. The molecule has 1 aromatic heterocycles. The number of nitrogens with zero attached hydrogens (tertiary/aromatic N) is 3. The van der Waals surface area contributed by atoms with E-state index in [0.717, 1.165) is 0 Å². The number of rotatable bonds is 1. The van der Waals surface area contributed by atoms with Gasteiger partial charge in [-0.3, -0.25) is 4.55 Å². The summed E-state index contributed by atoms with van der Waals surface area (Å²) in [4.78, 5) is 14.1. The van der Waals surface area contributed by atoms with E-state index in [0.29, 0.717) is 4.68 Å². The third kappa shape index (κ3) is 1.80. The lowest BCUT2D eigenvalue weighted by atomic mass is 10.9. The second kappa shape index (κ2) is 3.23. The third-order valence-electron chi connectivity index (χ3n) is 1.25. The summed E-state index contributed by atoms with van der Waals surface area (Å²) < 4.78 is 30.1. The van der Waals surface area contributed by atoms with Crippen molar-refractivity contribution in [2.75, 3.05) is 12.8 Å². The van der Waals surface area contributed by atoms with Crippen molar-refractivity contribution in [3.8, 4) is 0 Å². The smallest absolute Gasteiger partial charge is 0.345 e. The molecule has 0 unspecified atom stereocenters. The molecule has 9 nitrogen and oxygen atoms in total. The summed E-state index contributed by atoms with van der Waals surface area (Å²) in [5, 5.41) is 4.42. The van der Waals surface area contributed by atoms with Gasteiger partial charge < -0.3 is 11.1 Å². The van der Waals surface area contributed by atoms with Crippen molar-refractivity contribution in [2.45, 2.75) is 5.16 Å². The molecule has 1 heterocycles. The molecule has 14 heavy (non-hydrogen) atoms. The Kier molecular flexibility index (Phi) is 2.40. The quantitative estimate of drug-likeness (QED) is 0.479. The number of carbonyl (C=O) groups excluding carboxylic acids is 1. The van der Waals surface area contributed by atoms with Crippen molar-refractivity contribution in [3.05, 3.63) is 0 Å². The Bertz CT molecular complexity index is 462. The van der Waals surface area contributed by atoms with Gasteiger partial charge >= 0.3 is 16.1 Å². The molecule has 0 radical (unpaired) electrons. The van der Waals surface area contributed by atoms with Crippen LogP contribution in [0.3, 0.4) is 0 Å². The summed E-state index contributed by atoms with van der Waals surface area (Å²) in [6.07, 6.45) is 0. The molecule has 0 aromatic carbocycles. The van der Waals surface area contributed by atoms with E-state index in [1.54, 1.807) is 0 Å². The highest BCUT2D eigenvalue weighted by molar-refractivity contribution is 7.85. The van der Waals surface area contributed by atoms with Crippen molar-refractivity contribution in [3.63, 3.8) is 0 Å². The number of nitrogen functional groups attached to an aromatic ring is 1. The first kappa shape index (κ1) is 10.4. The van der Waals surface area contributed by atoms with Crippen LogP contribution in [0.15, 0.2) is 5.16 Å². The summed E-state index contributed by atoms with van der Waals surface area (Å²) in [5.74, 6) is -0.433. The van der Waals surface area contributed by atoms with E-state index in [1.165, 1.54) is 7.05 Å². The van der Waals surface area contributed by atoms with Crippen molar-refractivity contribution in [2.24, 2.45) is 0 Å². The fourth-order valence-electron chi connectivity index (χ4n) is 0.669. The molecule has 10 heteroatoms. The van der Waals surface area contributed by atoms with E-state index in [-0.39, 0.29) is 0 Å².